The van der Waals surface area contributed by atoms with Crippen molar-refractivity contribution in [2.24, 2.45) is 23.2 Å². The van der Waals surface area contributed by atoms with Gasteiger partial charge in [-0.05, 0) is 80.8 Å². The second-order valence-electron chi connectivity index (χ2n) is 12.3. The van der Waals surface area contributed by atoms with Gasteiger partial charge in [0.1, 0.15) is 24.6 Å². The first-order valence-electron chi connectivity index (χ1n) is 14.3. The van der Waals surface area contributed by atoms with E-state index in [9.17, 15) is 19.8 Å². The Morgan fingerprint density at radius 3 is 2.47 bits per heavy atom. The van der Waals surface area contributed by atoms with Gasteiger partial charge in [-0.25, -0.2) is 0 Å². The minimum atomic E-state index is -0.999. The van der Waals surface area contributed by atoms with Crippen molar-refractivity contribution in [1.82, 2.24) is 10.2 Å². The molecular weight excluding hydrogens is 484 g/mol. The van der Waals surface area contributed by atoms with E-state index >= 15 is 0 Å². The Labute approximate surface area is 224 Å². The van der Waals surface area contributed by atoms with Crippen LogP contribution in [0.2, 0.25) is 0 Å². The third-order valence-electron chi connectivity index (χ3n) is 9.66. The van der Waals surface area contributed by atoms with E-state index in [0.29, 0.717) is 24.5 Å². The predicted molar refractivity (Wildman–Crippen MR) is 140 cm³/mol. The maximum atomic E-state index is 13.7. The molecule has 1 heterocycles. The lowest BCUT2D eigenvalue weighted by Crippen LogP contribution is -2.60. The topological polar surface area (TPSA) is 108 Å². The zero-order valence-electron chi connectivity index (χ0n) is 22.2. The zero-order chi connectivity index (χ0) is 26.4. The molecule has 206 valence electrons. The summed E-state index contributed by atoms with van der Waals surface area (Å²) in [7, 11) is 0. The fourth-order valence-corrected chi connectivity index (χ4v) is 8.67. The Kier molecular flexibility index (Phi) is 6.99. The summed E-state index contributed by atoms with van der Waals surface area (Å²) in [5, 5.41) is 23.9. The lowest BCUT2D eigenvalue weighted by Gasteiger charge is -2.58. The molecule has 0 spiro atoms. The quantitative estimate of drug-likeness (QED) is 0.458. The molecule has 1 aromatic carbocycles. The molecule has 4 saturated carbocycles. The van der Waals surface area contributed by atoms with Crippen molar-refractivity contribution in [3.8, 4) is 5.75 Å². The molecule has 4 fully saturated rings. The molecule has 3 N–H and O–H groups in total. The Morgan fingerprint density at radius 1 is 1.13 bits per heavy atom. The molecule has 8 heteroatoms. The number of nitrogens with zero attached hydrogens (tertiary/aromatic N) is 1. The van der Waals surface area contributed by atoms with Crippen LogP contribution in [0, 0.1) is 23.2 Å². The van der Waals surface area contributed by atoms with Gasteiger partial charge in [0, 0.05) is 30.8 Å². The average Bonchev–Trinajstić information content (AvgIpc) is 3.29. The van der Waals surface area contributed by atoms with Gasteiger partial charge in [0.2, 0.25) is 11.8 Å². The minimum absolute atomic E-state index is 0.0544. The Bertz CT molecular complexity index is 1070. The largest absolute Gasteiger partial charge is 0.486 e. The fraction of sp³-hybridized carbons (Fsp3) is 0.667. The molecule has 8 nitrogen and oxygen atoms in total. The van der Waals surface area contributed by atoms with Crippen LogP contribution in [0.4, 0.5) is 0 Å². The highest BCUT2D eigenvalue weighted by Gasteiger charge is 2.55. The highest BCUT2D eigenvalue weighted by atomic mass is 16.5. The maximum Gasteiger partial charge on any atom is 0.249 e. The zero-order valence-corrected chi connectivity index (χ0v) is 22.2. The monoisotopic (exact) mass is 524 g/mol. The van der Waals surface area contributed by atoms with E-state index in [1.165, 1.54) is 19.3 Å². The lowest BCUT2D eigenvalue weighted by molar-refractivity contribution is -0.149. The third-order valence-corrected chi connectivity index (χ3v) is 9.66. The van der Waals surface area contributed by atoms with Crippen LogP contribution in [0.1, 0.15) is 56.9 Å². The SMILES string of the molecule is CCOCC(=O)N(CC12CC3CC(CC(C3)C1)C2)C1C=C(C(=O)NCCO)C2c3ccccc3OC2C1O. The van der Waals surface area contributed by atoms with Crippen LogP contribution in [0.15, 0.2) is 35.9 Å². The van der Waals surface area contributed by atoms with Crippen molar-refractivity contribution in [1.29, 1.82) is 0 Å². The fourth-order valence-electron chi connectivity index (χ4n) is 8.67. The molecule has 1 aromatic rings. The van der Waals surface area contributed by atoms with Gasteiger partial charge in [0.25, 0.3) is 0 Å². The number of carbonyl (C=O) groups is 2. The van der Waals surface area contributed by atoms with Crippen LogP contribution in [-0.2, 0) is 14.3 Å². The van der Waals surface area contributed by atoms with Crippen molar-refractivity contribution in [2.75, 3.05) is 32.9 Å². The van der Waals surface area contributed by atoms with Crippen LogP contribution in [0.25, 0.3) is 0 Å². The number of hydrogen-bond donors (Lipinski definition) is 3. The molecule has 1 aliphatic heterocycles. The predicted octanol–water partition coefficient (Wildman–Crippen LogP) is 2.39. The summed E-state index contributed by atoms with van der Waals surface area (Å²) in [5.41, 5.74) is 1.39. The summed E-state index contributed by atoms with van der Waals surface area (Å²) in [4.78, 5) is 28.9. The lowest BCUT2D eigenvalue weighted by atomic mass is 9.49. The summed E-state index contributed by atoms with van der Waals surface area (Å²) >= 11 is 0. The molecular formula is C30H40N2O6. The average molecular weight is 525 g/mol. The number of rotatable bonds is 9. The molecule has 0 saturated heterocycles. The number of carbonyl (C=O) groups excluding carboxylic acids is 2. The Hall–Kier alpha value is -2.42. The van der Waals surface area contributed by atoms with Crippen molar-refractivity contribution in [3.63, 3.8) is 0 Å². The number of benzene rings is 1. The molecule has 38 heavy (non-hydrogen) atoms. The summed E-state index contributed by atoms with van der Waals surface area (Å²) in [6.07, 6.45) is 7.41. The van der Waals surface area contributed by atoms with Gasteiger partial charge >= 0.3 is 0 Å². The van der Waals surface area contributed by atoms with Crippen LogP contribution in [-0.4, -0.2) is 78.1 Å². The van der Waals surface area contributed by atoms with Crippen molar-refractivity contribution in [2.45, 2.75) is 69.6 Å². The van der Waals surface area contributed by atoms with Gasteiger partial charge < -0.3 is 29.9 Å². The third kappa shape index (κ3) is 4.54. The molecule has 5 aliphatic carbocycles. The van der Waals surface area contributed by atoms with Crippen LogP contribution in [0.5, 0.6) is 5.75 Å². The smallest absolute Gasteiger partial charge is 0.249 e. The molecule has 4 bridgehead atoms. The number of hydrogen-bond acceptors (Lipinski definition) is 6. The molecule has 4 atom stereocenters. The normalized spacial score (nSPS) is 36.2. The summed E-state index contributed by atoms with van der Waals surface area (Å²) in [6.45, 7) is 2.76. The second-order valence-corrected chi connectivity index (χ2v) is 12.3. The van der Waals surface area contributed by atoms with E-state index in [1.54, 1.807) is 11.0 Å². The summed E-state index contributed by atoms with van der Waals surface area (Å²) < 4.78 is 11.8. The van der Waals surface area contributed by atoms with Gasteiger partial charge in [-0.15, -0.1) is 0 Å². The Balaban J connectivity index is 1.36. The number of aliphatic hydroxyl groups excluding tert-OH is 2. The van der Waals surface area contributed by atoms with Crippen molar-refractivity contribution >= 4 is 11.8 Å². The van der Waals surface area contributed by atoms with Gasteiger partial charge in [0.15, 0.2) is 0 Å². The molecule has 0 aromatic heterocycles. The molecule has 7 rings (SSSR count). The van der Waals surface area contributed by atoms with E-state index < -0.39 is 24.2 Å². The van der Waals surface area contributed by atoms with Crippen LogP contribution < -0.4 is 10.1 Å². The minimum Gasteiger partial charge on any atom is -0.486 e. The number of aliphatic hydroxyl groups is 2. The highest BCUT2D eigenvalue weighted by molar-refractivity contribution is 5.96. The molecule has 4 unspecified atom stereocenters. The van der Waals surface area contributed by atoms with E-state index in [1.807, 2.05) is 31.2 Å². The van der Waals surface area contributed by atoms with Crippen molar-refractivity contribution in [3.05, 3.63) is 41.5 Å². The first-order chi connectivity index (χ1) is 18.4. The first-order valence-corrected chi connectivity index (χ1v) is 14.3. The first kappa shape index (κ1) is 25.8. The number of nitrogens with one attached hydrogen (secondary N) is 1. The van der Waals surface area contributed by atoms with E-state index in [2.05, 4.69) is 5.32 Å². The standard InChI is InChI=1S/C30H40N2O6/c1-2-37-16-25(34)32(17-30-13-18-9-19(14-30)11-20(10-18)15-30)23-12-22(29(36)31-7-8-33)26-21-5-3-4-6-24(21)38-28(26)27(23)35/h3-6,12,18-20,23,26-28,33,35H,2,7-11,13-17H2,1H3,(H,31,36). The molecule has 0 radical (unpaired) electrons. The Morgan fingerprint density at radius 2 is 1.82 bits per heavy atom. The van der Waals surface area contributed by atoms with E-state index in [0.717, 1.165) is 42.6 Å². The summed E-state index contributed by atoms with van der Waals surface area (Å²) in [5.74, 6) is 1.93. The molecule has 2 amide bonds. The number of para-hydroxylation sites is 1. The van der Waals surface area contributed by atoms with Crippen LogP contribution >= 0.6 is 0 Å². The van der Waals surface area contributed by atoms with Gasteiger partial charge in [-0.3, -0.25) is 9.59 Å². The van der Waals surface area contributed by atoms with Gasteiger partial charge in [-0.1, -0.05) is 18.2 Å². The van der Waals surface area contributed by atoms with E-state index in [-0.39, 0.29) is 37.0 Å². The maximum absolute atomic E-state index is 13.7. The summed E-state index contributed by atoms with van der Waals surface area (Å²) in [6, 6.07) is 6.85. The molecule has 6 aliphatic rings. The van der Waals surface area contributed by atoms with Crippen LogP contribution in [0.3, 0.4) is 0 Å². The number of ether oxygens (including phenoxy) is 2. The van der Waals surface area contributed by atoms with Gasteiger partial charge in [0.05, 0.1) is 18.6 Å². The number of fused-ring (bicyclic) bond motifs is 3. The highest BCUT2D eigenvalue weighted by Crippen LogP contribution is 2.60. The van der Waals surface area contributed by atoms with E-state index in [4.69, 9.17) is 9.47 Å². The number of amides is 2. The second kappa shape index (κ2) is 10.3. The van der Waals surface area contributed by atoms with Gasteiger partial charge in [-0.2, -0.15) is 0 Å². The van der Waals surface area contributed by atoms with Crippen molar-refractivity contribution < 1.29 is 29.3 Å².